The van der Waals surface area contributed by atoms with Crippen LogP contribution in [-0.4, -0.2) is 47.5 Å². The van der Waals surface area contributed by atoms with Crippen molar-refractivity contribution in [3.05, 3.63) is 29.3 Å². The van der Waals surface area contributed by atoms with Crippen molar-refractivity contribution in [1.29, 1.82) is 0 Å². The van der Waals surface area contributed by atoms with Crippen molar-refractivity contribution in [3.63, 3.8) is 0 Å². The highest BCUT2D eigenvalue weighted by atomic mass is 31.2. The van der Waals surface area contributed by atoms with Crippen molar-refractivity contribution >= 4 is 19.2 Å². The molecule has 7 nitrogen and oxygen atoms in total. The maximum absolute atomic E-state index is 14.2. The van der Waals surface area contributed by atoms with E-state index >= 15 is 0 Å². The number of hydrogen-bond donors (Lipinski definition) is 1. The van der Waals surface area contributed by atoms with Gasteiger partial charge in [-0.25, -0.2) is 0 Å². The summed E-state index contributed by atoms with van der Waals surface area (Å²) in [7, 11) is -3.38. The minimum atomic E-state index is -4.63. The Balaban J connectivity index is 3.33. The van der Waals surface area contributed by atoms with Crippen molar-refractivity contribution < 1.29 is 41.3 Å². The number of carbonyl (C=O) groups is 2. The highest BCUT2D eigenvalue weighted by molar-refractivity contribution is 7.62. The molecule has 0 aliphatic carbocycles. The summed E-state index contributed by atoms with van der Waals surface area (Å²) >= 11 is 0. The standard InChI is InChI=1S/C31H51F3NO6P/c1-10-11-12-13-14-19-39-27-16-15-25(20-26(27)31(32,33)34)17-18-30(35-23(2)36,21-40-24(3)37)22-41-42(38,28(4,5)6)29(7,8)9/h15-16,20H,10-14,17-19,21-22H2,1-9H3,(H,35,36)/t30-/m0/s1. The van der Waals surface area contributed by atoms with Crippen LogP contribution in [0.2, 0.25) is 0 Å². The number of carbonyl (C=O) groups excluding carboxylic acids is 2. The van der Waals surface area contributed by atoms with Gasteiger partial charge in [-0.3, -0.25) is 14.2 Å². The molecule has 242 valence electrons. The highest BCUT2D eigenvalue weighted by Gasteiger charge is 2.49. The van der Waals surface area contributed by atoms with Gasteiger partial charge < -0.3 is 19.3 Å². The van der Waals surface area contributed by atoms with Gasteiger partial charge in [-0.05, 0) is 37.0 Å². The lowest BCUT2D eigenvalue weighted by molar-refractivity contribution is -0.145. The molecule has 1 rings (SSSR count). The molecule has 11 heteroatoms. The summed E-state index contributed by atoms with van der Waals surface area (Å²) in [6.45, 7) is 15.0. The number of benzene rings is 1. The Labute approximate surface area is 250 Å². The normalized spacial score (nSPS) is 14.3. The van der Waals surface area contributed by atoms with Crippen LogP contribution >= 0.6 is 7.37 Å². The second-order valence-corrected chi connectivity index (χ2v) is 17.0. The number of halogens is 3. The van der Waals surface area contributed by atoms with E-state index in [-0.39, 0.29) is 38.4 Å². The first-order valence-electron chi connectivity index (χ1n) is 14.7. The summed E-state index contributed by atoms with van der Waals surface area (Å²) in [5.41, 5.74) is -1.86. The molecule has 0 bridgehead atoms. The van der Waals surface area contributed by atoms with Crippen LogP contribution in [0.4, 0.5) is 13.2 Å². The molecule has 0 fully saturated rings. The molecule has 1 aromatic rings. The van der Waals surface area contributed by atoms with Crippen LogP contribution in [0.3, 0.4) is 0 Å². The average molecular weight is 622 g/mol. The molecule has 0 spiro atoms. The highest BCUT2D eigenvalue weighted by Crippen LogP contribution is 2.67. The van der Waals surface area contributed by atoms with Crippen LogP contribution in [0.1, 0.15) is 112 Å². The molecule has 0 aromatic heterocycles. The molecule has 1 atom stereocenters. The molecule has 0 radical (unpaired) electrons. The molecule has 0 aliphatic heterocycles. The Morgan fingerprint density at radius 2 is 1.50 bits per heavy atom. The van der Waals surface area contributed by atoms with E-state index in [1.165, 1.54) is 19.9 Å². The van der Waals surface area contributed by atoms with E-state index in [0.717, 1.165) is 31.7 Å². The lowest BCUT2D eigenvalue weighted by Crippen LogP contribution is -2.55. The average Bonchev–Trinajstić information content (AvgIpc) is 2.84. The Bertz CT molecular complexity index is 1060. The summed E-state index contributed by atoms with van der Waals surface area (Å²) < 4.78 is 73.1. The fourth-order valence-corrected chi connectivity index (χ4v) is 8.11. The van der Waals surface area contributed by atoms with Gasteiger partial charge in [0.2, 0.25) is 13.3 Å². The van der Waals surface area contributed by atoms with Gasteiger partial charge in [0.05, 0.1) is 24.3 Å². The lowest BCUT2D eigenvalue weighted by atomic mass is 9.91. The Morgan fingerprint density at radius 3 is 2.00 bits per heavy atom. The number of hydrogen-bond acceptors (Lipinski definition) is 6. The van der Waals surface area contributed by atoms with Gasteiger partial charge in [0.15, 0.2) is 0 Å². The Kier molecular flexibility index (Phi) is 14.1. The predicted molar refractivity (Wildman–Crippen MR) is 160 cm³/mol. The van der Waals surface area contributed by atoms with E-state index in [1.54, 1.807) is 47.6 Å². The molecular weight excluding hydrogens is 570 g/mol. The number of nitrogens with one attached hydrogen (secondary N) is 1. The molecule has 0 unspecified atom stereocenters. The summed E-state index contributed by atoms with van der Waals surface area (Å²) in [6, 6.07) is 3.93. The number of unbranched alkanes of at least 4 members (excludes halogenated alkanes) is 4. The minimum Gasteiger partial charge on any atom is -0.493 e. The van der Waals surface area contributed by atoms with E-state index in [9.17, 15) is 27.3 Å². The number of aryl methyl sites for hydroxylation is 1. The molecule has 1 amide bonds. The third-order valence-corrected chi connectivity index (χ3v) is 11.1. The first-order chi connectivity index (χ1) is 19.2. The summed E-state index contributed by atoms with van der Waals surface area (Å²) in [4.78, 5) is 24.1. The number of esters is 1. The molecule has 0 saturated heterocycles. The lowest BCUT2D eigenvalue weighted by Gasteiger charge is -2.43. The summed E-state index contributed by atoms with van der Waals surface area (Å²) in [5.74, 6) is -1.28. The van der Waals surface area contributed by atoms with Gasteiger partial charge in [0, 0.05) is 24.2 Å². The van der Waals surface area contributed by atoms with Crippen LogP contribution in [0.5, 0.6) is 5.75 Å². The van der Waals surface area contributed by atoms with Gasteiger partial charge in [-0.1, -0.05) is 80.2 Å². The van der Waals surface area contributed by atoms with Crippen LogP contribution in [0, 0.1) is 0 Å². The first kappa shape index (κ1) is 38.0. The van der Waals surface area contributed by atoms with Gasteiger partial charge in [0.1, 0.15) is 12.4 Å². The number of rotatable bonds is 16. The number of amides is 1. The minimum absolute atomic E-state index is 0.0586. The van der Waals surface area contributed by atoms with Gasteiger partial charge >= 0.3 is 12.1 Å². The molecule has 0 heterocycles. The molecule has 0 saturated carbocycles. The fraction of sp³-hybridized carbons (Fsp3) is 0.742. The molecule has 42 heavy (non-hydrogen) atoms. The van der Waals surface area contributed by atoms with Crippen molar-refractivity contribution in [1.82, 2.24) is 5.32 Å². The smallest absolute Gasteiger partial charge is 0.419 e. The third-order valence-electron chi connectivity index (χ3n) is 7.03. The number of ether oxygens (including phenoxy) is 2. The zero-order valence-electron chi connectivity index (χ0n) is 26.8. The Hall–Kier alpha value is -2.06. The maximum atomic E-state index is 14.2. The molecule has 1 N–H and O–H groups in total. The molecule has 0 aliphatic rings. The van der Waals surface area contributed by atoms with Gasteiger partial charge in [-0.2, -0.15) is 13.2 Å². The molecular formula is C31H51F3NO6P. The van der Waals surface area contributed by atoms with Gasteiger partial charge in [0.25, 0.3) is 0 Å². The maximum Gasteiger partial charge on any atom is 0.419 e. The van der Waals surface area contributed by atoms with E-state index in [4.69, 9.17) is 14.0 Å². The Morgan fingerprint density at radius 1 is 0.905 bits per heavy atom. The second kappa shape index (κ2) is 15.6. The van der Waals surface area contributed by atoms with Crippen LogP contribution < -0.4 is 10.1 Å². The van der Waals surface area contributed by atoms with Crippen molar-refractivity contribution in [2.75, 3.05) is 19.8 Å². The first-order valence-corrected chi connectivity index (χ1v) is 16.3. The molecule has 1 aromatic carbocycles. The van der Waals surface area contributed by atoms with E-state index in [2.05, 4.69) is 12.2 Å². The zero-order valence-corrected chi connectivity index (χ0v) is 27.7. The summed E-state index contributed by atoms with van der Waals surface area (Å²) in [6.07, 6.45) is 0.234. The largest absolute Gasteiger partial charge is 0.493 e. The van der Waals surface area contributed by atoms with Crippen molar-refractivity contribution in [3.8, 4) is 5.75 Å². The van der Waals surface area contributed by atoms with Crippen molar-refractivity contribution in [2.24, 2.45) is 0 Å². The van der Waals surface area contributed by atoms with Crippen LogP contribution in [-0.2, 0) is 36.0 Å². The number of alkyl halides is 3. The van der Waals surface area contributed by atoms with E-state index < -0.39 is 46.8 Å². The topological polar surface area (TPSA) is 90.9 Å². The van der Waals surface area contributed by atoms with E-state index in [1.807, 2.05) is 0 Å². The zero-order chi connectivity index (χ0) is 32.4. The SMILES string of the molecule is CCCCCCCOc1ccc(CC[C@](COC(C)=O)(COP(=O)(C(C)(C)C)C(C)(C)C)NC(C)=O)cc1C(F)(F)F. The fourth-order valence-electron chi connectivity index (χ4n) is 4.89. The van der Waals surface area contributed by atoms with Gasteiger partial charge in [-0.15, -0.1) is 0 Å². The van der Waals surface area contributed by atoms with Crippen LogP contribution in [0.15, 0.2) is 18.2 Å². The third kappa shape index (κ3) is 11.6. The summed E-state index contributed by atoms with van der Waals surface area (Å²) in [5, 5.41) is 1.29. The van der Waals surface area contributed by atoms with Crippen molar-refractivity contribution in [2.45, 2.75) is 129 Å². The monoisotopic (exact) mass is 621 g/mol. The van der Waals surface area contributed by atoms with Crippen LogP contribution in [0.25, 0.3) is 0 Å². The van der Waals surface area contributed by atoms with E-state index in [0.29, 0.717) is 12.0 Å². The second-order valence-electron chi connectivity index (χ2n) is 13.0. The quantitative estimate of drug-likeness (QED) is 0.113. The predicted octanol–water partition coefficient (Wildman–Crippen LogP) is 8.32.